The van der Waals surface area contributed by atoms with Crippen LogP contribution in [0.15, 0.2) is 35.2 Å². The fourth-order valence-corrected chi connectivity index (χ4v) is 3.31. The Bertz CT molecular complexity index is 569. The maximum absolute atomic E-state index is 13.5. The highest BCUT2D eigenvalue weighted by Crippen LogP contribution is 2.20. The Hall–Kier alpha value is -1.40. The number of hydrogen-bond donors (Lipinski definition) is 2. The van der Waals surface area contributed by atoms with Crippen LogP contribution in [0, 0.1) is 5.82 Å². The van der Waals surface area contributed by atoms with Crippen molar-refractivity contribution in [3.8, 4) is 0 Å². The number of rotatable bonds is 3. The summed E-state index contributed by atoms with van der Waals surface area (Å²) in [5.74, 6) is -0.789. The fourth-order valence-electron chi connectivity index (χ4n) is 1.91. The Balaban J connectivity index is 2.24. The number of nitrogens with one attached hydrogen (secondary N) is 1. The molecule has 0 radical (unpaired) electrons. The van der Waals surface area contributed by atoms with Crippen molar-refractivity contribution in [3.05, 3.63) is 36.2 Å². The van der Waals surface area contributed by atoms with Gasteiger partial charge in [0.1, 0.15) is 10.7 Å². The first-order chi connectivity index (χ1) is 8.49. The molecule has 98 valence electrons. The molecule has 0 saturated heterocycles. The monoisotopic (exact) mass is 270 g/mol. The molecule has 1 aliphatic carbocycles. The predicted molar refractivity (Wildman–Crippen MR) is 67.9 cm³/mol. The summed E-state index contributed by atoms with van der Waals surface area (Å²) in [7, 11) is -3.85. The number of allylic oxidation sites excluding steroid dienone is 1. The van der Waals surface area contributed by atoms with Gasteiger partial charge in [0.05, 0.1) is 0 Å². The second-order valence-corrected chi connectivity index (χ2v) is 5.97. The third kappa shape index (κ3) is 2.88. The lowest BCUT2D eigenvalue weighted by molar-refractivity contribution is 0.514. The number of nitrogen functional groups attached to an aromatic ring is 1. The van der Waals surface area contributed by atoms with Crippen molar-refractivity contribution in [1.82, 2.24) is 4.72 Å². The van der Waals surface area contributed by atoms with Crippen LogP contribution in [-0.2, 0) is 10.0 Å². The Morgan fingerprint density at radius 1 is 1.33 bits per heavy atom. The molecule has 0 bridgehead atoms. The molecule has 0 amide bonds. The minimum absolute atomic E-state index is 0.180. The molecule has 1 atom stereocenters. The minimum Gasteiger partial charge on any atom is -0.399 e. The van der Waals surface area contributed by atoms with E-state index in [9.17, 15) is 12.8 Å². The minimum atomic E-state index is -3.85. The van der Waals surface area contributed by atoms with E-state index in [2.05, 4.69) is 4.72 Å². The molecule has 0 aromatic heterocycles. The van der Waals surface area contributed by atoms with Gasteiger partial charge in [-0.3, -0.25) is 0 Å². The SMILES string of the molecule is Nc1ccc(F)c(S(=O)(=O)NC2CC=CCC2)c1. The normalized spacial score (nSPS) is 19.9. The first-order valence-corrected chi connectivity index (χ1v) is 7.20. The van der Waals surface area contributed by atoms with Crippen molar-refractivity contribution >= 4 is 15.7 Å². The number of anilines is 1. The van der Waals surface area contributed by atoms with E-state index in [1.165, 1.54) is 6.07 Å². The summed E-state index contributed by atoms with van der Waals surface area (Å²) < 4.78 is 40.1. The van der Waals surface area contributed by atoms with E-state index in [-0.39, 0.29) is 11.7 Å². The molecule has 0 heterocycles. The zero-order valence-corrected chi connectivity index (χ0v) is 10.6. The molecule has 2 rings (SSSR count). The highest BCUT2D eigenvalue weighted by Gasteiger charge is 2.23. The quantitative estimate of drug-likeness (QED) is 0.649. The smallest absolute Gasteiger partial charge is 0.243 e. The maximum Gasteiger partial charge on any atom is 0.243 e. The molecule has 0 spiro atoms. The largest absolute Gasteiger partial charge is 0.399 e. The van der Waals surface area contributed by atoms with Crippen molar-refractivity contribution in [2.75, 3.05) is 5.73 Å². The third-order valence-corrected chi connectivity index (χ3v) is 4.37. The van der Waals surface area contributed by atoms with E-state index in [0.29, 0.717) is 6.42 Å². The molecule has 3 N–H and O–H groups in total. The van der Waals surface area contributed by atoms with Crippen LogP contribution >= 0.6 is 0 Å². The highest BCUT2D eigenvalue weighted by atomic mass is 32.2. The van der Waals surface area contributed by atoms with Crippen molar-refractivity contribution < 1.29 is 12.8 Å². The van der Waals surface area contributed by atoms with Crippen LogP contribution in [0.2, 0.25) is 0 Å². The van der Waals surface area contributed by atoms with E-state index in [1.54, 1.807) is 0 Å². The van der Waals surface area contributed by atoms with E-state index < -0.39 is 20.7 Å². The van der Waals surface area contributed by atoms with Crippen LogP contribution in [0.4, 0.5) is 10.1 Å². The van der Waals surface area contributed by atoms with E-state index in [0.717, 1.165) is 25.0 Å². The van der Waals surface area contributed by atoms with Gasteiger partial charge >= 0.3 is 0 Å². The molecule has 6 heteroatoms. The molecular weight excluding hydrogens is 255 g/mol. The van der Waals surface area contributed by atoms with Gasteiger partial charge in [-0.15, -0.1) is 0 Å². The number of hydrogen-bond acceptors (Lipinski definition) is 3. The van der Waals surface area contributed by atoms with Gasteiger partial charge in [0.2, 0.25) is 10.0 Å². The zero-order chi connectivity index (χ0) is 13.2. The maximum atomic E-state index is 13.5. The topological polar surface area (TPSA) is 72.2 Å². The lowest BCUT2D eigenvalue weighted by Gasteiger charge is -2.19. The summed E-state index contributed by atoms with van der Waals surface area (Å²) in [6.45, 7) is 0. The van der Waals surface area contributed by atoms with Gasteiger partial charge in [0.25, 0.3) is 0 Å². The molecule has 4 nitrogen and oxygen atoms in total. The van der Waals surface area contributed by atoms with E-state index in [4.69, 9.17) is 5.73 Å². The van der Waals surface area contributed by atoms with E-state index >= 15 is 0 Å². The van der Waals surface area contributed by atoms with Crippen molar-refractivity contribution in [2.24, 2.45) is 0 Å². The van der Waals surface area contributed by atoms with Gasteiger partial charge in [0, 0.05) is 11.7 Å². The standard InChI is InChI=1S/C12H15FN2O2S/c13-11-7-6-9(14)8-12(11)18(16,17)15-10-4-2-1-3-5-10/h1-2,6-8,10,15H,3-5,14H2. The van der Waals surface area contributed by atoms with Crippen LogP contribution in [-0.4, -0.2) is 14.5 Å². The van der Waals surface area contributed by atoms with Gasteiger partial charge in [-0.05, 0) is 37.5 Å². The Morgan fingerprint density at radius 3 is 2.78 bits per heavy atom. The summed E-state index contributed by atoms with van der Waals surface area (Å²) in [6.07, 6.45) is 6.10. The van der Waals surface area contributed by atoms with Gasteiger partial charge in [-0.1, -0.05) is 12.2 Å². The summed E-state index contributed by atoms with van der Waals surface area (Å²) >= 11 is 0. The Morgan fingerprint density at radius 2 is 2.11 bits per heavy atom. The fraction of sp³-hybridized carbons (Fsp3) is 0.333. The van der Waals surface area contributed by atoms with E-state index in [1.807, 2.05) is 12.2 Å². The van der Waals surface area contributed by atoms with Crippen molar-refractivity contribution in [2.45, 2.75) is 30.2 Å². The number of benzene rings is 1. The average molecular weight is 270 g/mol. The number of nitrogens with two attached hydrogens (primary N) is 1. The zero-order valence-electron chi connectivity index (χ0n) is 9.77. The van der Waals surface area contributed by atoms with Crippen LogP contribution in [0.3, 0.4) is 0 Å². The van der Waals surface area contributed by atoms with Gasteiger partial charge in [-0.25, -0.2) is 17.5 Å². The third-order valence-electron chi connectivity index (χ3n) is 2.84. The second-order valence-electron chi connectivity index (χ2n) is 4.29. The average Bonchev–Trinajstić information content (AvgIpc) is 2.33. The molecule has 1 aromatic rings. The molecule has 0 saturated carbocycles. The molecular formula is C12H15FN2O2S. The van der Waals surface area contributed by atoms with Gasteiger partial charge < -0.3 is 5.73 Å². The van der Waals surface area contributed by atoms with Gasteiger partial charge in [-0.2, -0.15) is 0 Å². The lowest BCUT2D eigenvalue weighted by atomic mass is 10.0. The molecule has 1 unspecified atom stereocenters. The Labute approximate surface area is 106 Å². The molecule has 1 aliphatic rings. The first-order valence-electron chi connectivity index (χ1n) is 5.71. The summed E-state index contributed by atoms with van der Waals surface area (Å²) in [4.78, 5) is -0.392. The molecule has 0 aliphatic heterocycles. The highest BCUT2D eigenvalue weighted by molar-refractivity contribution is 7.89. The number of sulfonamides is 1. The van der Waals surface area contributed by atoms with Crippen LogP contribution in [0.5, 0.6) is 0 Å². The summed E-state index contributed by atoms with van der Waals surface area (Å²) in [5.41, 5.74) is 5.71. The molecule has 0 fully saturated rings. The van der Waals surface area contributed by atoms with Crippen molar-refractivity contribution in [1.29, 1.82) is 0 Å². The predicted octanol–water partition coefficient (Wildman–Crippen LogP) is 1.79. The lowest BCUT2D eigenvalue weighted by Crippen LogP contribution is -2.35. The van der Waals surface area contributed by atoms with Crippen LogP contribution in [0.1, 0.15) is 19.3 Å². The molecule has 1 aromatic carbocycles. The Kier molecular flexibility index (Phi) is 3.68. The van der Waals surface area contributed by atoms with Crippen molar-refractivity contribution in [3.63, 3.8) is 0 Å². The summed E-state index contributed by atoms with van der Waals surface area (Å²) in [5, 5.41) is 0. The first kappa shape index (κ1) is 13.0. The number of halogens is 1. The molecule has 18 heavy (non-hydrogen) atoms. The summed E-state index contributed by atoms with van der Waals surface area (Å²) in [6, 6.07) is 3.35. The van der Waals surface area contributed by atoms with Crippen LogP contribution < -0.4 is 10.5 Å². The second kappa shape index (κ2) is 5.07. The van der Waals surface area contributed by atoms with Gasteiger partial charge in [0.15, 0.2) is 0 Å². The van der Waals surface area contributed by atoms with Crippen LogP contribution in [0.25, 0.3) is 0 Å².